The van der Waals surface area contributed by atoms with E-state index in [2.05, 4.69) is 30.6 Å². The van der Waals surface area contributed by atoms with Crippen LogP contribution in [0.5, 0.6) is 0 Å². The van der Waals surface area contributed by atoms with Crippen molar-refractivity contribution >= 4 is 35.0 Å². The SMILES string of the molecule is Cn1cc(Nc2ncc(Cl)c(NC3CC4CN(C(=O)CC5CC5)CC4C3)n2)cn1. The van der Waals surface area contributed by atoms with E-state index in [1.807, 2.05) is 13.2 Å². The van der Waals surface area contributed by atoms with Gasteiger partial charge in [0.2, 0.25) is 11.9 Å². The van der Waals surface area contributed by atoms with Crippen molar-refractivity contribution in [3.8, 4) is 0 Å². The zero-order chi connectivity index (χ0) is 20.0. The minimum absolute atomic E-state index is 0.323. The van der Waals surface area contributed by atoms with E-state index >= 15 is 0 Å². The number of rotatable bonds is 6. The van der Waals surface area contributed by atoms with Gasteiger partial charge >= 0.3 is 0 Å². The van der Waals surface area contributed by atoms with Crippen molar-refractivity contribution in [2.45, 2.75) is 38.1 Å². The lowest BCUT2D eigenvalue weighted by atomic mass is 10.0. The summed E-state index contributed by atoms with van der Waals surface area (Å²) in [6.07, 6.45) is 10.5. The van der Waals surface area contributed by atoms with Crippen molar-refractivity contribution in [2.75, 3.05) is 23.7 Å². The van der Waals surface area contributed by atoms with E-state index in [-0.39, 0.29) is 0 Å². The van der Waals surface area contributed by atoms with E-state index in [1.54, 1.807) is 17.1 Å². The van der Waals surface area contributed by atoms with Crippen molar-refractivity contribution < 1.29 is 4.79 Å². The Morgan fingerprint density at radius 2 is 2.00 bits per heavy atom. The zero-order valence-corrected chi connectivity index (χ0v) is 17.3. The molecule has 5 rings (SSSR count). The number of aromatic nitrogens is 4. The van der Waals surface area contributed by atoms with Gasteiger partial charge in [-0.2, -0.15) is 10.1 Å². The Morgan fingerprint density at radius 3 is 2.66 bits per heavy atom. The van der Waals surface area contributed by atoms with Crippen LogP contribution in [-0.4, -0.2) is 49.7 Å². The topological polar surface area (TPSA) is 88.0 Å². The first-order valence-corrected chi connectivity index (χ1v) is 10.7. The van der Waals surface area contributed by atoms with Gasteiger partial charge in [0, 0.05) is 38.8 Å². The lowest BCUT2D eigenvalue weighted by Gasteiger charge is -2.20. The first-order chi connectivity index (χ1) is 14.0. The van der Waals surface area contributed by atoms with Gasteiger partial charge < -0.3 is 15.5 Å². The van der Waals surface area contributed by atoms with Gasteiger partial charge in [0.1, 0.15) is 5.02 Å². The normalized spacial score (nSPS) is 25.9. The van der Waals surface area contributed by atoms with Gasteiger partial charge in [0.25, 0.3) is 0 Å². The van der Waals surface area contributed by atoms with Crippen LogP contribution in [0.1, 0.15) is 32.1 Å². The summed E-state index contributed by atoms with van der Waals surface area (Å²) in [6, 6.07) is 0.323. The molecule has 1 aliphatic heterocycles. The Kier molecular flexibility index (Phi) is 4.81. The fourth-order valence-corrected chi connectivity index (χ4v) is 4.80. The third kappa shape index (κ3) is 4.17. The molecule has 154 valence electrons. The summed E-state index contributed by atoms with van der Waals surface area (Å²) in [4.78, 5) is 23.3. The highest BCUT2D eigenvalue weighted by atomic mass is 35.5. The maximum Gasteiger partial charge on any atom is 0.229 e. The molecule has 2 atom stereocenters. The van der Waals surface area contributed by atoms with Gasteiger partial charge in [0.15, 0.2) is 5.82 Å². The van der Waals surface area contributed by atoms with Crippen molar-refractivity contribution in [1.82, 2.24) is 24.6 Å². The molecule has 3 fully saturated rings. The number of hydrogen-bond donors (Lipinski definition) is 2. The molecule has 8 nitrogen and oxygen atoms in total. The third-order valence-corrected chi connectivity index (χ3v) is 6.59. The highest BCUT2D eigenvalue weighted by molar-refractivity contribution is 6.32. The Balaban J connectivity index is 1.18. The van der Waals surface area contributed by atoms with Crippen LogP contribution in [0.2, 0.25) is 5.02 Å². The second-order valence-corrected chi connectivity index (χ2v) is 9.10. The Bertz CT molecular complexity index is 898. The van der Waals surface area contributed by atoms with Gasteiger partial charge in [-0.05, 0) is 43.4 Å². The molecule has 2 aromatic heterocycles. The molecule has 0 bridgehead atoms. The number of fused-ring (bicyclic) bond motifs is 1. The lowest BCUT2D eigenvalue weighted by molar-refractivity contribution is -0.130. The Hall–Kier alpha value is -2.35. The molecule has 3 heterocycles. The fourth-order valence-electron chi connectivity index (χ4n) is 4.66. The summed E-state index contributed by atoms with van der Waals surface area (Å²) in [7, 11) is 1.86. The average Bonchev–Trinajstić information content (AvgIpc) is 3.07. The number of hydrogen-bond acceptors (Lipinski definition) is 6. The molecule has 2 aromatic rings. The summed E-state index contributed by atoms with van der Waals surface area (Å²) in [6.45, 7) is 1.80. The molecule has 2 aliphatic carbocycles. The minimum atomic E-state index is 0.323. The predicted octanol–water partition coefficient (Wildman–Crippen LogP) is 3.06. The smallest absolute Gasteiger partial charge is 0.229 e. The molecule has 29 heavy (non-hydrogen) atoms. The third-order valence-electron chi connectivity index (χ3n) is 6.31. The van der Waals surface area contributed by atoms with Crippen LogP contribution in [-0.2, 0) is 11.8 Å². The number of nitrogens with zero attached hydrogens (tertiary/aromatic N) is 5. The quantitative estimate of drug-likeness (QED) is 0.753. The second kappa shape index (κ2) is 7.48. The molecule has 1 amide bonds. The number of carbonyl (C=O) groups excluding carboxylic acids is 1. The molecule has 3 aliphatic rings. The fraction of sp³-hybridized carbons (Fsp3) is 0.600. The van der Waals surface area contributed by atoms with Crippen molar-refractivity contribution in [1.29, 1.82) is 0 Å². The van der Waals surface area contributed by atoms with Crippen LogP contribution < -0.4 is 10.6 Å². The summed E-state index contributed by atoms with van der Waals surface area (Å²) in [5.41, 5.74) is 0.826. The molecule has 9 heteroatoms. The number of anilines is 3. The molecule has 2 saturated carbocycles. The summed E-state index contributed by atoms with van der Waals surface area (Å²) in [5, 5.41) is 11.3. The number of aryl methyl sites for hydroxylation is 1. The van der Waals surface area contributed by atoms with Gasteiger partial charge in [-0.1, -0.05) is 11.6 Å². The van der Waals surface area contributed by atoms with Crippen LogP contribution >= 0.6 is 11.6 Å². The van der Waals surface area contributed by atoms with Gasteiger partial charge in [-0.25, -0.2) is 4.98 Å². The van der Waals surface area contributed by atoms with Crippen LogP contribution in [0, 0.1) is 17.8 Å². The van der Waals surface area contributed by atoms with Crippen LogP contribution in [0.4, 0.5) is 17.5 Å². The van der Waals surface area contributed by atoms with E-state index in [9.17, 15) is 4.79 Å². The first-order valence-electron chi connectivity index (χ1n) is 10.4. The summed E-state index contributed by atoms with van der Waals surface area (Å²) in [5.74, 6) is 3.30. The number of nitrogens with one attached hydrogen (secondary N) is 2. The van der Waals surface area contributed by atoms with Crippen LogP contribution in [0.25, 0.3) is 0 Å². The van der Waals surface area contributed by atoms with Gasteiger partial charge in [-0.15, -0.1) is 0 Å². The molecular weight excluding hydrogens is 390 g/mol. The Morgan fingerprint density at radius 1 is 1.24 bits per heavy atom. The second-order valence-electron chi connectivity index (χ2n) is 8.70. The number of carbonyl (C=O) groups is 1. The zero-order valence-electron chi connectivity index (χ0n) is 16.5. The maximum absolute atomic E-state index is 12.4. The minimum Gasteiger partial charge on any atom is -0.366 e. The van der Waals surface area contributed by atoms with E-state index in [0.717, 1.165) is 38.0 Å². The number of amides is 1. The van der Waals surface area contributed by atoms with Gasteiger partial charge in [-0.3, -0.25) is 9.48 Å². The first kappa shape index (κ1) is 18.7. The van der Waals surface area contributed by atoms with Crippen molar-refractivity contribution in [3.63, 3.8) is 0 Å². The van der Waals surface area contributed by atoms with E-state index < -0.39 is 0 Å². The number of likely N-dealkylation sites (tertiary alicyclic amines) is 1. The standard InChI is InChI=1S/C20H26ClN7O/c1-27-11-16(7-23-27)25-20-22-8-17(21)19(26-20)24-15-5-13-9-28(10-14(13)6-15)18(29)4-12-2-3-12/h7-8,11-15H,2-6,9-10H2,1H3,(H2,22,24,25,26). The van der Waals surface area contributed by atoms with Crippen LogP contribution in [0.3, 0.4) is 0 Å². The van der Waals surface area contributed by atoms with E-state index in [1.165, 1.54) is 12.8 Å². The predicted molar refractivity (Wildman–Crippen MR) is 111 cm³/mol. The van der Waals surface area contributed by atoms with E-state index in [0.29, 0.717) is 46.5 Å². The van der Waals surface area contributed by atoms with Crippen molar-refractivity contribution in [3.05, 3.63) is 23.6 Å². The number of halogens is 1. The molecule has 1 saturated heterocycles. The molecule has 2 N–H and O–H groups in total. The summed E-state index contributed by atoms with van der Waals surface area (Å²) >= 11 is 6.34. The van der Waals surface area contributed by atoms with Gasteiger partial charge in [0.05, 0.1) is 18.1 Å². The molecule has 2 unspecified atom stereocenters. The highest BCUT2D eigenvalue weighted by Crippen LogP contribution is 2.41. The van der Waals surface area contributed by atoms with E-state index in [4.69, 9.17) is 11.6 Å². The monoisotopic (exact) mass is 415 g/mol. The molecule has 0 radical (unpaired) electrons. The highest BCUT2D eigenvalue weighted by Gasteiger charge is 2.43. The molecule has 0 aromatic carbocycles. The lowest BCUT2D eigenvalue weighted by Crippen LogP contribution is -2.31. The molecular formula is C20H26ClN7O. The Labute approximate surface area is 175 Å². The largest absolute Gasteiger partial charge is 0.366 e. The average molecular weight is 416 g/mol. The van der Waals surface area contributed by atoms with Crippen molar-refractivity contribution in [2.24, 2.45) is 24.8 Å². The molecule has 0 spiro atoms. The maximum atomic E-state index is 12.4. The summed E-state index contributed by atoms with van der Waals surface area (Å²) < 4.78 is 1.72. The van der Waals surface area contributed by atoms with Crippen LogP contribution in [0.15, 0.2) is 18.6 Å².